The minimum atomic E-state index is -0.403. The van der Waals surface area contributed by atoms with Gasteiger partial charge in [-0.15, -0.1) is 0 Å². The van der Waals surface area contributed by atoms with Crippen molar-refractivity contribution in [2.45, 2.75) is 32.2 Å². The second kappa shape index (κ2) is 8.64. The monoisotopic (exact) mass is 361 g/mol. The van der Waals surface area contributed by atoms with E-state index in [2.05, 4.69) is 15.6 Å². The molecule has 142 valence electrons. The molecule has 1 aromatic rings. The Bertz CT molecular complexity index is 681. The summed E-state index contributed by atoms with van der Waals surface area (Å²) in [5, 5.41) is 17.4. The number of guanidine groups is 1. The number of hydrogen-bond acceptors (Lipinski definition) is 4. The molecule has 0 spiro atoms. The molecular formula is C18H27N5O3. The highest BCUT2D eigenvalue weighted by atomic mass is 16.6. The van der Waals surface area contributed by atoms with Crippen LogP contribution in [0.15, 0.2) is 29.3 Å². The SMILES string of the molecule is CN=C(NCc1ccccc1[N+](=O)[O-])NCC1(C(=O)N(C)C)CCCC1. The fourth-order valence-corrected chi connectivity index (χ4v) is 3.48. The molecule has 2 rings (SSSR count). The highest BCUT2D eigenvalue weighted by Gasteiger charge is 2.42. The summed E-state index contributed by atoms with van der Waals surface area (Å²) in [6, 6.07) is 6.61. The molecule has 1 aromatic carbocycles. The average molecular weight is 361 g/mol. The summed E-state index contributed by atoms with van der Waals surface area (Å²) in [5.41, 5.74) is 0.255. The predicted octanol–water partition coefficient (Wildman–Crippen LogP) is 1.91. The summed E-state index contributed by atoms with van der Waals surface area (Å²) < 4.78 is 0. The maximum absolute atomic E-state index is 12.6. The predicted molar refractivity (Wildman–Crippen MR) is 101 cm³/mol. The van der Waals surface area contributed by atoms with Crippen molar-refractivity contribution in [2.24, 2.45) is 10.4 Å². The minimum absolute atomic E-state index is 0.0745. The molecule has 2 N–H and O–H groups in total. The standard InChI is InChI=1S/C18H27N5O3/c1-19-17(20-12-14-8-4-5-9-15(14)23(25)26)21-13-18(10-6-7-11-18)16(24)22(2)3/h4-5,8-9H,6-7,10-13H2,1-3H3,(H2,19,20,21). The van der Waals surface area contributed by atoms with Crippen LogP contribution in [0.1, 0.15) is 31.2 Å². The van der Waals surface area contributed by atoms with Gasteiger partial charge in [0, 0.05) is 45.9 Å². The Hall–Kier alpha value is -2.64. The maximum Gasteiger partial charge on any atom is 0.274 e. The van der Waals surface area contributed by atoms with Crippen molar-refractivity contribution in [1.82, 2.24) is 15.5 Å². The van der Waals surface area contributed by atoms with E-state index in [1.807, 2.05) is 0 Å². The number of nitro groups is 1. The van der Waals surface area contributed by atoms with Gasteiger partial charge >= 0.3 is 0 Å². The number of nitrogens with one attached hydrogen (secondary N) is 2. The molecule has 8 heteroatoms. The summed E-state index contributed by atoms with van der Waals surface area (Å²) in [6.45, 7) is 0.784. The van der Waals surface area contributed by atoms with Crippen molar-refractivity contribution in [3.05, 3.63) is 39.9 Å². The smallest absolute Gasteiger partial charge is 0.274 e. The lowest BCUT2D eigenvalue weighted by Crippen LogP contribution is -2.49. The first-order chi connectivity index (χ1) is 12.4. The van der Waals surface area contributed by atoms with E-state index in [9.17, 15) is 14.9 Å². The summed E-state index contributed by atoms with van der Waals surface area (Å²) in [7, 11) is 5.21. The number of rotatable bonds is 6. The normalized spacial score (nSPS) is 16.2. The topological polar surface area (TPSA) is 99.9 Å². The fraction of sp³-hybridized carbons (Fsp3) is 0.556. The zero-order chi connectivity index (χ0) is 19.2. The largest absolute Gasteiger partial charge is 0.355 e. The van der Waals surface area contributed by atoms with Gasteiger partial charge in [0.2, 0.25) is 5.91 Å². The third kappa shape index (κ3) is 4.50. The number of benzene rings is 1. The molecule has 0 aliphatic heterocycles. The van der Waals surface area contributed by atoms with E-state index >= 15 is 0 Å². The number of nitro benzene ring substituents is 1. The zero-order valence-electron chi connectivity index (χ0n) is 15.6. The molecule has 1 saturated carbocycles. The molecule has 0 bridgehead atoms. The number of para-hydroxylation sites is 1. The molecule has 1 amide bonds. The van der Waals surface area contributed by atoms with Crippen molar-refractivity contribution >= 4 is 17.6 Å². The highest BCUT2D eigenvalue weighted by Crippen LogP contribution is 2.38. The quantitative estimate of drug-likeness (QED) is 0.349. The van der Waals surface area contributed by atoms with Crippen molar-refractivity contribution in [2.75, 3.05) is 27.7 Å². The van der Waals surface area contributed by atoms with Crippen molar-refractivity contribution < 1.29 is 9.72 Å². The van der Waals surface area contributed by atoms with Crippen LogP contribution in [0.5, 0.6) is 0 Å². The third-order valence-electron chi connectivity index (χ3n) is 4.87. The second-order valence-electron chi connectivity index (χ2n) is 6.85. The lowest BCUT2D eigenvalue weighted by atomic mass is 9.84. The molecule has 0 radical (unpaired) electrons. The van der Waals surface area contributed by atoms with Gasteiger partial charge in [-0.1, -0.05) is 31.0 Å². The lowest BCUT2D eigenvalue weighted by molar-refractivity contribution is -0.385. The lowest BCUT2D eigenvalue weighted by Gasteiger charge is -2.31. The van der Waals surface area contributed by atoms with E-state index in [1.54, 1.807) is 44.2 Å². The Labute approximate surface area is 153 Å². The zero-order valence-corrected chi connectivity index (χ0v) is 15.6. The van der Waals surface area contributed by atoms with Gasteiger partial charge in [-0.3, -0.25) is 19.9 Å². The van der Waals surface area contributed by atoms with Crippen molar-refractivity contribution in [3.63, 3.8) is 0 Å². The van der Waals surface area contributed by atoms with Gasteiger partial charge in [0.05, 0.1) is 10.3 Å². The molecule has 1 fully saturated rings. The molecule has 0 atom stereocenters. The van der Waals surface area contributed by atoms with Gasteiger partial charge in [-0.05, 0) is 12.8 Å². The van der Waals surface area contributed by atoms with Gasteiger partial charge < -0.3 is 15.5 Å². The Morgan fingerprint density at radius 2 is 1.92 bits per heavy atom. The van der Waals surface area contributed by atoms with Crippen LogP contribution in [0, 0.1) is 15.5 Å². The molecule has 0 unspecified atom stereocenters. The number of amides is 1. The van der Waals surface area contributed by atoms with Crippen LogP contribution in [-0.4, -0.2) is 49.4 Å². The van der Waals surface area contributed by atoms with Crippen LogP contribution in [0.2, 0.25) is 0 Å². The summed E-state index contributed by atoms with van der Waals surface area (Å²) in [6.07, 6.45) is 3.81. The van der Waals surface area contributed by atoms with Gasteiger partial charge in [-0.25, -0.2) is 0 Å². The second-order valence-corrected chi connectivity index (χ2v) is 6.85. The third-order valence-corrected chi connectivity index (χ3v) is 4.87. The van der Waals surface area contributed by atoms with Crippen molar-refractivity contribution in [3.8, 4) is 0 Å². The molecule has 8 nitrogen and oxygen atoms in total. The Morgan fingerprint density at radius 3 is 2.50 bits per heavy atom. The van der Waals surface area contributed by atoms with E-state index in [1.165, 1.54) is 6.07 Å². The molecule has 26 heavy (non-hydrogen) atoms. The molecular weight excluding hydrogens is 334 g/mol. The molecule has 0 heterocycles. The number of aliphatic imine (C=N–C) groups is 1. The van der Waals surface area contributed by atoms with Crippen LogP contribution < -0.4 is 10.6 Å². The first-order valence-electron chi connectivity index (χ1n) is 8.78. The Morgan fingerprint density at radius 1 is 1.27 bits per heavy atom. The average Bonchev–Trinajstić information content (AvgIpc) is 3.11. The van der Waals surface area contributed by atoms with Gasteiger partial charge in [-0.2, -0.15) is 0 Å². The van der Waals surface area contributed by atoms with Crippen LogP contribution in [0.25, 0.3) is 0 Å². The minimum Gasteiger partial charge on any atom is -0.355 e. The number of carbonyl (C=O) groups excluding carboxylic acids is 1. The Balaban J connectivity index is 2.00. The van der Waals surface area contributed by atoms with Gasteiger partial charge in [0.1, 0.15) is 0 Å². The summed E-state index contributed by atoms with van der Waals surface area (Å²) in [4.78, 5) is 29.2. The van der Waals surface area contributed by atoms with Crippen LogP contribution in [0.4, 0.5) is 5.69 Å². The Kier molecular flexibility index (Phi) is 6.54. The van der Waals surface area contributed by atoms with Crippen LogP contribution in [0.3, 0.4) is 0 Å². The van der Waals surface area contributed by atoms with E-state index in [4.69, 9.17) is 0 Å². The van der Waals surface area contributed by atoms with E-state index in [0.29, 0.717) is 18.1 Å². The first kappa shape index (κ1) is 19.7. The summed E-state index contributed by atoms with van der Waals surface area (Å²) in [5.74, 6) is 0.664. The van der Waals surface area contributed by atoms with E-state index in [0.717, 1.165) is 25.7 Å². The molecule has 1 aliphatic rings. The highest BCUT2D eigenvalue weighted by molar-refractivity contribution is 5.85. The van der Waals surface area contributed by atoms with Crippen LogP contribution in [-0.2, 0) is 11.3 Å². The van der Waals surface area contributed by atoms with Crippen LogP contribution >= 0.6 is 0 Å². The van der Waals surface area contributed by atoms with E-state index in [-0.39, 0.29) is 18.1 Å². The molecule has 0 saturated heterocycles. The fourth-order valence-electron chi connectivity index (χ4n) is 3.48. The number of nitrogens with zero attached hydrogens (tertiary/aromatic N) is 3. The molecule has 0 aromatic heterocycles. The maximum atomic E-state index is 12.6. The number of hydrogen-bond donors (Lipinski definition) is 2. The number of carbonyl (C=O) groups is 1. The van der Waals surface area contributed by atoms with E-state index < -0.39 is 10.3 Å². The van der Waals surface area contributed by atoms with Gasteiger partial charge in [0.25, 0.3) is 5.69 Å². The summed E-state index contributed by atoms with van der Waals surface area (Å²) >= 11 is 0. The first-order valence-corrected chi connectivity index (χ1v) is 8.78. The molecule has 1 aliphatic carbocycles. The van der Waals surface area contributed by atoms with Crippen molar-refractivity contribution in [1.29, 1.82) is 0 Å². The van der Waals surface area contributed by atoms with Gasteiger partial charge in [0.15, 0.2) is 5.96 Å².